The van der Waals surface area contributed by atoms with Crippen LogP contribution in [-0.2, 0) is 11.3 Å². The van der Waals surface area contributed by atoms with Crippen LogP contribution in [0.2, 0.25) is 0 Å². The van der Waals surface area contributed by atoms with Crippen LogP contribution in [0.15, 0.2) is 79.1 Å². The second-order valence-electron chi connectivity index (χ2n) is 9.97. The predicted octanol–water partition coefficient (Wildman–Crippen LogP) is 7.19. The summed E-state index contributed by atoms with van der Waals surface area (Å²) in [5.41, 5.74) is 5.29. The molecule has 4 rings (SSSR count). The van der Waals surface area contributed by atoms with Gasteiger partial charge in [-0.2, -0.15) is 0 Å². The monoisotopic (exact) mass is 452 g/mol. The molecule has 0 N–H and O–H groups in total. The summed E-state index contributed by atoms with van der Waals surface area (Å²) in [5.74, 6) is 1.00. The van der Waals surface area contributed by atoms with E-state index >= 15 is 0 Å². The van der Waals surface area contributed by atoms with Crippen molar-refractivity contribution in [1.29, 1.82) is 0 Å². The van der Waals surface area contributed by atoms with Gasteiger partial charge in [0.05, 0.1) is 19.3 Å². The quantitative estimate of drug-likeness (QED) is 0.311. The molecular weight excluding hydrogens is 420 g/mol. The molecule has 0 aliphatic carbocycles. The molecule has 0 bridgehead atoms. The van der Waals surface area contributed by atoms with E-state index in [0.29, 0.717) is 13.0 Å². The number of amides is 1. The zero-order valence-electron chi connectivity index (χ0n) is 20.6. The van der Waals surface area contributed by atoms with E-state index in [-0.39, 0.29) is 11.3 Å². The predicted molar refractivity (Wildman–Crippen MR) is 140 cm³/mol. The molecule has 1 amide bonds. The first-order valence-corrected chi connectivity index (χ1v) is 11.6. The third-order valence-corrected chi connectivity index (χ3v) is 5.95. The summed E-state index contributed by atoms with van der Waals surface area (Å²) in [6, 6.07) is 22.7. The summed E-state index contributed by atoms with van der Waals surface area (Å²) >= 11 is 0. The van der Waals surface area contributed by atoms with Crippen molar-refractivity contribution in [3.05, 3.63) is 90.3 Å². The average Bonchev–Trinajstić information content (AvgIpc) is 2.81. The molecule has 4 aromatic rings. The molecule has 0 atom stereocenters. The first-order valence-electron chi connectivity index (χ1n) is 11.6. The van der Waals surface area contributed by atoms with Crippen LogP contribution < -0.4 is 9.64 Å². The van der Waals surface area contributed by atoms with Gasteiger partial charge in [0.2, 0.25) is 5.91 Å². The van der Waals surface area contributed by atoms with E-state index in [1.807, 2.05) is 41.4 Å². The second-order valence-corrected chi connectivity index (χ2v) is 9.97. The van der Waals surface area contributed by atoms with Crippen molar-refractivity contribution in [1.82, 2.24) is 4.98 Å². The number of benzene rings is 3. The summed E-state index contributed by atoms with van der Waals surface area (Å²) in [4.78, 5) is 19.7. The number of aromatic nitrogens is 1. The number of pyridine rings is 1. The Bertz CT molecular complexity index is 1300. The van der Waals surface area contributed by atoms with E-state index in [1.165, 1.54) is 0 Å². The number of fused-ring (bicyclic) bond motifs is 1. The van der Waals surface area contributed by atoms with E-state index in [2.05, 4.69) is 69.1 Å². The fraction of sp³-hybridized carbons (Fsp3) is 0.267. The van der Waals surface area contributed by atoms with Gasteiger partial charge in [-0.15, -0.1) is 0 Å². The van der Waals surface area contributed by atoms with E-state index < -0.39 is 0 Å². The van der Waals surface area contributed by atoms with Crippen molar-refractivity contribution >= 4 is 22.4 Å². The van der Waals surface area contributed by atoms with Crippen LogP contribution in [0.25, 0.3) is 21.9 Å². The van der Waals surface area contributed by atoms with Crippen LogP contribution in [0, 0.1) is 12.3 Å². The topological polar surface area (TPSA) is 42.4 Å². The van der Waals surface area contributed by atoms with Gasteiger partial charge in [-0.1, -0.05) is 63.2 Å². The van der Waals surface area contributed by atoms with Gasteiger partial charge in [-0.05, 0) is 58.9 Å². The van der Waals surface area contributed by atoms with E-state index in [0.717, 1.165) is 44.5 Å². The lowest BCUT2D eigenvalue weighted by Crippen LogP contribution is -2.33. The van der Waals surface area contributed by atoms with Crippen LogP contribution >= 0.6 is 0 Å². The Morgan fingerprint density at radius 2 is 1.71 bits per heavy atom. The molecule has 3 aromatic carbocycles. The normalized spacial score (nSPS) is 11.4. The highest BCUT2D eigenvalue weighted by molar-refractivity contribution is 6.03. The number of nitrogens with zero attached hydrogens (tertiary/aromatic N) is 2. The van der Waals surface area contributed by atoms with E-state index in [1.54, 1.807) is 13.3 Å². The number of carbonyl (C=O) groups is 1. The van der Waals surface area contributed by atoms with Crippen molar-refractivity contribution < 1.29 is 9.53 Å². The summed E-state index contributed by atoms with van der Waals surface area (Å²) in [6.45, 7) is 8.86. The van der Waals surface area contributed by atoms with Gasteiger partial charge in [0.1, 0.15) is 5.75 Å². The van der Waals surface area contributed by atoms with Gasteiger partial charge in [-0.3, -0.25) is 9.78 Å². The Morgan fingerprint density at radius 3 is 2.38 bits per heavy atom. The van der Waals surface area contributed by atoms with E-state index in [4.69, 9.17) is 4.74 Å². The van der Waals surface area contributed by atoms with Crippen molar-refractivity contribution in [3.63, 3.8) is 0 Å². The Hall–Kier alpha value is -3.66. The van der Waals surface area contributed by atoms with Crippen LogP contribution in [0.5, 0.6) is 5.75 Å². The number of methoxy groups -OCH3 is 1. The minimum atomic E-state index is -0.0996. The zero-order valence-corrected chi connectivity index (χ0v) is 20.6. The van der Waals surface area contributed by atoms with Gasteiger partial charge in [0.15, 0.2) is 0 Å². The van der Waals surface area contributed by atoms with Gasteiger partial charge in [0, 0.05) is 29.6 Å². The number of hydrogen-bond donors (Lipinski definition) is 0. The first kappa shape index (κ1) is 23.5. The molecule has 0 saturated carbocycles. The molecule has 4 heteroatoms. The lowest BCUT2D eigenvalue weighted by Gasteiger charge is -2.28. The largest absolute Gasteiger partial charge is 0.496 e. The first-order chi connectivity index (χ1) is 16.2. The summed E-state index contributed by atoms with van der Waals surface area (Å²) in [7, 11) is 1.69. The average molecular weight is 453 g/mol. The Balaban J connectivity index is 1.66. The highest BCUT2D eigenvalue weighted by Crippen LogP contribution is 2.31. The minimum absolute atomic E-state index is 0.0996. The molecule has 0 unspecified atom stereocenters. The summed E-state index contributed by atoms with van der Waals surface area (Å²) in [6.07, 6.45) is 4.10. The van der Waals surface area contributed by atoms with Gasteiger partial charge in [-0.25, -0.2) is 0 Å². The van der Waals surface area contributed by atoms with Crippen LogP contribution in [0.4, 0.5) is 5.69 Å². The SMILES string of the molecule is COc1ccc(-c2ccc(CN(C(=O)CC(C)(C)C)c3cccc4cnccc34)cc2)cc1C. The molecule has 4 nitrogen and oxygen atoms in total. The minimum Gasteiger partial charge on any atom is -0.496 e. The summed E-state index contributed by atoms with van der Waals surface area (Å²) < 4.78 is 5.39. The molecule has 34 heavy (non-hydrogen) atoms. The van der Waals surface area contributed by atoms with Crippen molar-refractivity contribution in [2.75, 3.05) is 12.0 Å². The van der Waals surface area contributed by atoms with Crippen LogP contribution in [-0.4, -0.2) is 18.0 Å². The van der Waals surface area contributed by atoms with E-state index in [9.17, 15) is 4.79 Å². The lowest BCUT2D eigenvalue weighted by atomic mass is 9.91. The molecule has 1 aromatic heterocycles. The molecular formula is C30H32N2O2. The molecule has 0 fully saturated rings. The van der Waals surface area contributed by atoms with Crippen LogP contribution in [0.3, 0.4) is 0 Å². The maximum absolute atomic E-state index is 13.5. The van der Waals surface area contributed by atoms with Crippen LogP contribution in [0.1, 0.15) is 38.3 Å². The third-order valence-electron chi connectivity index (χ3n) is 5.95. The van der Waals surface area contributed by atoms with Gasteiger partial charge >= 0.3 is 0 Å². The molecule has 0 aliphatic rings. The second kappa shape index (κ2) is 9.68. The fourth-order valence-corrected chi connectivity index (χ4v) is 4.24. The molecule has 0 saturated heterocycles. The number of carbonyl (C=O) groups excluding carboxylic acids is 1. The molecule has 0 radical (unpaired) electrons. The third kappa shape index (κ3) is 5.28. The van der Waals surface area contributed by atoms with Crippen molar-refractivity contribution in [3.8, 4) is 16.9 Å². The van der Waals surface area contributed by atoms with Gasteiger partial charge < -0.3 is 9.64 Å². The van der Waals surface area contributed by atoms with Gasteiger partial charge in [0.25, 0.3) is 0 Å². The highest BCUT2D eigenvalue weighted by atomic mass is 16.5. The highest BCUT2D eigenvalue weighted by Gasteiger charge is 2.24. The Labute approximate surface area is 202 Å². The summed E-state index contributed by atoms with van der Waals surface area (Å²) in [5, 5.41) is 2.06. The molecule has 1 heterocycles. The maximum Gasteiger partial charge on any atom is 0.227 e. The molecule has 0 aliphatic heterocycles. The maximum atomic E-state index is 13.5. The number of ether oxygens (including phenoxy) is 1. The number of rotatable bonds is 6. The smallest absolute Gasteiger partial charge is 0.227 e. The Kier molecular flexibility index (Phi) is 6.69. The molecule has 0 spiro atoms. The Morgan fingerprint density at radius 1 is 0.971 bits per heavy atom. The number of aryl methyl sites for hydroxylation is 1. The number of hydrogen-bond acceptors (Lipinski definition) is 3. The molecule has 174 valence electrons. The van der Waals surface area contributed by atoms with Crippen molar-refractivity contribution in [2.24, 2.45) is 5.41 Å². The zero-order chi connectivity index (χ0) is 24.3. The fourth-order valence-electron chi connectivity index (χ4n) is 4.24. The standard InChI is InChI=1S/C30H32N2O2/c1-21-17-24(13-14-28(21)34-5)23-11-9-22(10-12-23)20-32(29(33)18-30(2,3)4)27-8-6-7-25-19-31-16-15-26(25)27/h6-17,19H,18,20H2,1-5H3. The lowest BCUT2D eigenvalue weighted by molar-refractivity contribution is -0.120. The van der Waals surface area contributed by atoms with Crippen molar-refractivity contribution in [2.45, 2.75) is 40.7 Å². The number of anilines is 1.